The van der Waals surface area contributed by atoms with Gasteiger partial charge in [-0.05, 0) is 0 Å². The molecule has 0 atom stereocenters. The van der Waals surface area contributed by atoms with Crippen molar-refractivity contribution in [3.63, 3.8) is 0 Å². The Hall–Kier alpha value is 0.530. The molecule has 0 rings (SSSR count). The first kappa shape index (κ1) is 9.73. The molecule has 0 aliphatic carbocycles. The molecule has 0 aliphatic heterocycles. The third-order valence-corrected chi connectivity index (χ3v) is 0.117. The molecule has 0 amide bonds. The Balaban J connectivity index is 0. The van der Waals surface area contributed by atoms with E-state index >= 15 is 0 Å². The van der Waals surface area contributed by atoms with E-state index in [1.165, 1.54) is 0 Å². The van der Waals surface area contributed by atoms with Crippen LogP contribution in [0.4, 0.5) is 13.2 Å². The molecule has 1 radical (unpaired) electrons. The molecule has 0 saturated carbocycles. The van der Waals surface area contributed by atoms with Gasteiger partial charge in [0, 0.05) is 22.4 Å². The third kappa shape index (κ3) is 8.82. The molecule has 0 saturated heterocycles. The molecule has 6 heavy (non-hydrogen) atoms. The van der Waals surface area contributed by atoms with E-state index in [0.717, 1.165) is 0 Å². The average molecular weight is 192 g/mol. The smallest absolute Gasteiger partial charge is 0.245 e. The van der Waals surface area contributed by atoms with Crippen molar-refractivity contribution >= 4 is 0 Å². The maximum atomic E-state index is 10.4. The van der Waals surface area contributed by atoms with E-state index in [4.69, 9.17) is 0 Å². The molecule has 0 aromatic heterocycles. The Bertz CT molecular complexity index is 22.8. The predicted molar refractivity (Wildman–Crippen MR) is 12.0 cm³/mol. The normalized spacial score (nSPS) is 8.00. The molecule has 0 aromatic rings. The Morgan fingerprint density at radius 1 is 1.33 bits per heavy atom. The van der Waals surface area contributed by atoms with Crippen LogP contribution >= 0.6 is 0 Å². The average Bonchev–Trinajstić information content (AvgIpc) is 1.38. The number of hydrogen-bond acceptors (Lipinski definition) is 0. The van der Waals surface area contributed by atoms with Gasteiger partial charge in [0.1, 0.15) is 0 Å². The zero-order chi connectivity index (χ0) is 4.28. The van der Waals surface area contributed by atoms with Crippen LogP contribution in [0.5, 0.6) is 0 Å². The first-order valence-corrected chi connectivity index (χ1v) is 1.11. The fraction of sp³-hybridized carbons (Fsp3) is 1.00. The van der Waals surface area contributed by atoms with Gasteiger partial charge in [-0.15, -0.1) is 0 Å². The second-order valence-electron chi connectivity index (χ2n) is 0.545. The van der Waals surface area contributed by atoms with Gasteiger partial charge in [-0.1, -0.05) is 0 Å². The molecule has 0 unspecified atom stereocenters. The second kappa shape index (κ2) is 5.53. The van der Waals surface area contributed by atoms with Gasteiger partial charge in [-0.25, -0.2) is 13.2 Å². The van der Waals surface area contributed by atoms with Crippen LogP contribution in [0.3, 0.4) is 0 Å². The van der Waals surface area contributed by atoms with Gasteiger partial charge in [-0.3, -0.25) is 0 Å². The van der Waals surface area contributed by atoms with Crippen molar-refractivity contribution in [2.45, 2.75) is 6.43 Å². The van der Waals surface area contributed by atoms with Gasteiger partial charge >= 0.3 is 0 Å². The Morgan fingerprint density at radius 2 is 1.50 bits per heavy atom. The van der Waals surface area contributed by atoms with Crippen LogP contribution in [0, 0.1) is 0 Å². The van der Waals surface area contributed by atoms with Crippen LogP contribution in [-0.4, -0.2) is 13.1 Å². The van der Waals surface area contributed by atoms with E-state index in [9.17, 15) is 13.2 Å². The molecule has 0 spiro atoms. The van der Waals surface area contributed by atoms with Crippen molar-refractivity contribution in [3.05, 3.63) is 0 Å². The summed E-state index contributed by atoms with van der Waals surface area (Å²) in [4.78, 5) is 0. The Labute approximate surface area is 49.2 Å². The van der Waals surface area contributed by atoms with Gasteiger partial charge in [-0.2, -0.15) is 0 Å². The summed E-state index contributed by atoms with van der Waals surface area (Å²) >= 11 is 0. The largest absolute Gasteiger partial charge is 0.266 e. The van der Waals surface area contributed by atoms with Crippen molar-refractivity contribution in [1.82, 2.24) is 0 Å². The zero-order valence-corrected chi connectivity index (χ0v) is 4.20. The molecule has 0 aliphatic rings. The monoisotopic (exact) mass is 191 g/mol. The Kier molecular flexibility index (Phi) is 8.97. The van der Waals surface area contributed by atoms with Crippen molar-refractivity contribution in [3.8, 4) is 0 Å². The van der Waals surface area contributed by atoms with E-state index in [2.05, 4.69) is 0 Å². The minimum Gasteiger partial charge on any atom is -0.245 e. The van der Waals surface area contributed by atoms with E-state index < -0.39 is 13.1 Å². The van der Waals surface area contributed by atoms with Gasteiger partial charge in [0.05, 0.1) is 0 Å². The predicted octanol–water partition coefficient (Wildman–Crippen LogP) is 1.22. The quantitative estimate of drug-likeness (QED) is 0.547. The summed E-state index contributed by atoms with van der Waals surface area (Å²) in [5.74, 6) is 0. The number of hydrogen-bond donors (Lipinski definition) is 0. The van der Waals surface area contributed by atoms with E-state index in [0.29, 0.717) is 0 Å². The van der Waals surface area contributed by atoms with Crippen LogP contribution in [0.2, 0.25) is 0 Å². The summed E-state index contributed by atoms with van der Waals surface area (Å²) in [7, 11) is 0. The third-order valence-electron chi connectivity index (χ3n) is 0.117. The molecular formula is C2H3AgF3. The van der Waals surface area contributed by atoms with Crippen molar-refractivity contribution in [2.75, 3.05) is 6.67 Å². The topological polar surface area (TPSA) is 0 Å². The fourth-order valence-corrected chi connectivity index (χ4v) is 0. The van der Waals surface area contributed by atoms with Gasteiger partial charge in [0.25, 0.3) is 6.43 Å². The fourth-order valence-electron chi connectivity index (χ4n) is 0. The van der Waals surface area contributed by atoms with E-state index in [1.807, 2.05) is 0 Å². The summed E-state index contributed by atoms with van der Waals surface area (Å²) in [6, 6.07) is 0. The maximum Gasteiger partial charge on any atom is 0.266 e. The molecule has 0 fully saturated rings. The summed E-state index contributed by atoms with van der Waals surface area (Å²) < 4.78 is 31.1. The SMILES string of the molecule is FCC(F)F.[Ag]. The minimum absolute atomic E-state index is 0. The number of halogens is 3. The van der Waals surface area contributed by atoms with Crippen LogP contribution in [0.15, 0.2) is 0 Å². The number of rotatable bonds is 1. The molecular weight excluding hydrogens is 189 g/mol. The Morgan fingerprint density at radius 3 is 1.50 bits per heavy atom. The van der Waals surface area contributed by atoms with Gasteiger partial charge in [0.15, 0.2) is 6.67 Å². The second-order valence-corrected chi connectivity index (χ2v) is 0.545. The molecule has 0 heterocycles. The summed E-state index contributed by atoms with van der Waals surface area (Å²) in [6.07, 6.45) is -2.78. The number of alkyl halides is 3. The van der Waals surface area contributed by atoms with E-state index in [-0.39, 0.29) is 22.4 Å². The van der Waals surface area contributed by atoms with Gasteiger partial charge in [0.2, 0.25) is 0 Å². The molecule has 4 heteroatoms. The van der Waals surface area contributed by atoms with Crippen molar-refractivity contribution in [1.29, 1.82) is 0 Å². The van der Waals surface area contributed by atoms with Crippen LogP contribution < -0.4 is 0 Å². The zero-order valence-electron chi connectivity index (χ0n) is 2.72. The molecule has 0 nitrogen and oxygen atoms in total. The standard InChI is InChI=1S/C2H3F3.Ag/c3-1-2(4)5;/h2H,1H2;. The summed E-state index contributed by atoms with van der Waals surface area (Å²) in [5, 5.41) is 0. The first-order chi connectivity index (χ1) is 2.27. The minimum atomic E-state index is -2.78. The van der Waals surface area contributed by atoms with E-state index in [1.54, 1.807) is 0 Å². The first-order valence-electron chi connectivity index (χ1n) is 1.11. The van der Waals surface area contributed by atoms with Crippen LogP contribution in [0.25, 0.3) is 0 Å². The van der Waals surface area contributed by atoms with Crippen molar-refractivity contribution < 1.29 is 35.6 Å². The molecule has 0 aromatic carbocycles. The molecule has 0 N–H and O–H groups in total. The molecule has 43 valence electrons. The van der Waals surface area contributed by atoms with Crippen LogP contribution in [0.1, 0.15) is 0 Å². The maximum absolute atomic E-state index is 10.4. The van der Waals surface area contributed by atoms with Gasteiger partial charge < -0.3 is 0 Å². The van der Waals surface area contributed by atoms with Crippen LogP contribution in [-0.2, 0) is 22.4 Å². The summed E-state index contributed by atoms with van der Waals surface area (Å²) in [6.45, 7) is -1.53. The molecule has 0 bridgehead atoms. The van der Waals surface area contributed by atoms with Crippen molar-refractivity contribution in [2.24, 2.45) is 0 Å². The summed E-state index contributed by atoms with van der Waals surface area (Å²) in [5.41, 5.74) is 0.